The fourth-order valence-corrected chi connectivity index (χ4v) is 4.55. The summed E-state index contributed by atoms with van der Waals surface area (Å²) in [5, 5.41) is 2.96. The zero-order valence-electron chi connectivity index (χ0n) is 20.3. The lowest BCUT2D eigenvalue weighted by Crippen LogP contribution is -2.48. The van der Waals surface area contributed by atoms with E-state index in [1.54, 1.807) is 4.90 Å². The van der Waals surface area contributed by atoms with Gasteiger partial charge in [-0.15, -0.1) is 0 Å². The van der Waals surface area contributed by atoms with Crippen LogP contribution in [0.4, 0.5) is 10.5 Å². The molecule has 0 bridgehead atoms. The second-order valence-corrected chi connectivity index (χ2v) is 8.93. The Morgan fingerprint density at radius 2 is 1.74 bits per heavy atom. The van der Waals surface area contributed by atoms with Gasteiger partial charge < -0.3 is 19.7 Å². The highest BCUT2D eigenvalue weighted by Gasteiger charge is 2.33. The molecule has 1 aliphatic heterocycles. The Kier molecular flexibility index (Phi) is 7.36. The molecule has 6 heteroatoms. The summed E-state index contributed by atoms with van der Waals surface area (Å²) in [6.45, 7) is 8.11. The van der Waals surface area contributed by atoms with Crippen molar-refractivity contribution in [3.05, 3.63) is 89.2 Å². The Labute approximate surface area is 202 Å². The average molecular weight is 459 g/mol. The van der Waals surface area contributed by atoms with Crippen LogP contribution >= 0.6 is 0 Å². The highest BCUT2D eigenvalue weighted by atomic mass is 16.2. The van der Waals surface area contributed by atoms with E-state index in [0.717, 1.165) is 36.3 Å². The van der Waals surface area contributed by atoms with Crippen LogP contribution < -0.4 is 5.32 Å². The fraction of sp³-hybridized carbons (Fsp3) is 0.357. The van der Waals surface area contributed by atoms with Gasteiger partial charge in [-0.3, -0.25) is 4.79 Å². The number of carbonyl (C=O) groups excluding carboxylic acids is 2. The molecule has 4 rings (SSSR count). The van der Waals surface area contributed by atoms with Crippen molar-refractivity contribution in [2.24, 2.45) is 0 Å². The van der Waals surface area contributed by atoms with Crippen LogP contribution in [-0.2, 0) is 17.8 Å². The third-order valence-corrected chi connectivity index (χ3v) is 6.47. The molecule has 2 aromatic carbocycles. The van der Waals surface area contributed by atoms with E-state index in [9.17, 15) is 9.59 Å². The van der Waals surface area contributed by atoms with Crippen LogP contribution in [-0.4, -0.2) is 45.9 Å². The summed E-state index contributed by atoms with van der Waals surface area (Å²) in [5.41, 5.74) is 5.33. The lowest BCUT2D eigenvalue weighted by molar-refractivity contribution is -0.134. The van der Waals surface area contributed by atoms with Gasteiger partial charge in [-0.25, -0.2) is 4.79 Å². The maximum Gasteiger partial charge on any atom is 0.322 e. The van der Waals surface area contributed by atoms with Gasteiger partial charge in [-0.1, -0.05) is 55.8 Å². The molecule has 1 N–H and O–H groups in total. The monoisotopic (exact) mass is 458 g/mol. The Morgan fingerprint density at radius 1 is 1.00 bits per heavy atom. The van der Waals surface area contributed by atoms with E-state index in [0.29, 0.717) is 13.1 Å². The molecule has 0 fully saturated rings. The summed E-state index contributed by atoms with van der Waals surface area (Å²) in [6.07, 6.45) is 3.80. The molecule has 0 saturated carbocycles. The topological polar surface area (TPSA) is 57.6 Å². The number of nitrogens with one attached hydrogen (secondary N) is 1. The minimum atomic E-state index is -0.244. The molecule has 3 amide bonds. The summed E-state index contributed by atoms with van der Waals surface area (Å²) in [7, 11) is 0. The van der Waals surface area contributed by atoms with Gasteiger partial charge in [0.2, 0.25) is 5.91 Å². The van der Waals surface area contributed by atoms with Crippen molar-refractivity contribution in [1.82, 2.24) is 14.4 Å². The molecule has 0 radical (unpaired) electrons. The third kappa shape index (κ3) is 5.16. The summed E-state index contributed by atoms with van der Waals surface area (Å²) in [6, 6.07) is 19.9. The van der Waals surface area contributed by atoms with Crippen LogP contribution in [0.5, 0.6) is 0 Å². The van der Waals surface area contributed by atoms with E-state index in [1.807, 2.05) is 42.2 Å². The highest BCUT2D eigenvalue weighted by Crippen LogP contribution is 2.32. The average Bonchev–Trinajstić information content (AvgIpc) is 3.33. The van der Waals surface area contributed by atoms with E-state index >= 15 is 0 Å². The zero-order chi connectivity index (χ0) is 24.1. The van der Waals surface area contributed by atoms with Crippen molar-refractivity contribution < 1.29 is 9.59 Å². The Hall–Kier alpha value is -3.54. The summed E-state index contributed by atoms with van der Waals surface area (Å²) in [5.74, 6) is -0.0389. The van der Waals surface area contributed by atoms with Gasteiger partial charge >= 0.3 is 6.03 Å². The van der Waals surface area contributed by atoms with Crippen LogP contribution in [0, 0.1) is 6.92 Å². The van der Waals surface area contributed by atoms with E-state index in [-0.39, 0.29) is 24.5 Å². The molecule has 6 nitrogen and oxygen atoms in total. The van der Waals surface area contributed by atoms with Crippen molar-refractivity contribution in [1.29, 1.82) is 0 Å². The van der Waals surface area contributed by atoms with Crippen molar-refractivity contribution in [3.63, 3.8) is 0 Å². The van der Waals surface area contributed by atoms with Crippen LogP contribution in [0.1, 0.15) is 48.7 Å². The van der Waals surface area contributed by atoms with Gasteiger partial charge in [0, 0.05) is 37.2 Å². The minimum Gasteiger partial charge on any atom is -0.348 e. The molecule has 0 spiro atoms. The number of anilines is 1. The maximum absolute atomic E-state index is 13.6. The normalized spacial score (nSPS) is 15.0. The lowest BCUT2D eigenvalue weighted by Gasteiger charge is -2.38. The van der Waals surface area contributed by atoms with Gasteiger partial charge in [-0.2, -0.15) is 0 Å². The Balaban J connectivity index is 1.52. The van der Waals surface area contributed by atoms with Gasteiger partial charge in [0.15, 0.2) is 0 Å². The van der Waals surface area contributed by atoms with Crippen molar-refractivity contribution in [3.8, 4) is 0 Å². The molecule has 3 aromatic rings. The van der Waals surface area contributed by atoms with Crippen molar-refractivity contribution in [2.75, 3.05) is 25.0 Å². The standard InChI is InChI=1S/C28H34N4O2/c1-4-16-31(28(34)29-24-14-10-22(5-2)11-15-24)20-26(33)32-19-18-30-17-6-7-25(30)27(32)23-12-8-21(3)9-13-23/h6-15,17,27H,4-5,16,18-20H2,1-3H3,(H,29,34)/t27-/m1/s1. The SMILES string of the molecule is CCCN(CC(=O)N1CCn2cccc2[C@H]1c1ccc(C)cc1)C(=O)Nc1ccc(CC)cc1. The van der Waals surface area contributed by atoms with Crippen molar-refractivity contribution >= 4 is 17.6 Å². The number of amides is 3. The molecule has 34 heavy (non-hydrogen) atoms. The molecular weight excluding hydrogens is 424 g/mol. The maximum atomic E-state index is 13.6. The van der Waals surface area contributed by atoms with Crippen LogP contribution in [0.2, 0.25) is 0 Å². The Bertz CT molecular complexity index is 1120. The molecule has 0 unspecified atom stereocenters. The van der Waals surface area contributed by atoms with Gasteiger partial charge in [0.25, 0.3) is 0 Å². The van der Waals surface area contributed by atoms with E-state index in [1.165, 1.54) is 11.1 Å². The van der Waals surface area contributed by atoms with Gasteiger partial charge in [-0.05, 0) is 55.2 Å². The van der Waals surface area contributed by atoms with E-state index < -0.39 is 0 Å². The number of aryl methyl sites for hydroxylation is 2. The summed E-state index contributed by atoms with van der Waals surface area (Å²) < 4.78 is 2.21. The molecule has 1 aliphatic rings. The first-order valence-corrected chi connectivity index (χ1v) is 12.2. The summed E-state index contributed by atoms with van der Waals surface area (Å²) in [4.78, 5) is 30.2. The molecule has 0 saturated heterocycles. The largest absolute Gasteiger partial charge is 0.348 e. The number of nitrogens with zero attached hydrogens (tertiary/aromatic N) is 3. The van der Waals surface area contributed by atoms with Crippen LogP contribution in [0.3, 0.4) is 0 Å². The molecule has 1 aromatic heterocycles. The van der Waals surface area contributed by atoms with Crippen LogP contribution in [0.15, 0.2) is 66.9 Å². The highest BCUT2D eigenvalue weighted by molar-refractivity contribution is 5.92. The molecule has 0 aliphatic carbocycles. The first-order valence-electron chi connectivity index (χ1n) is 12.2. The number of hydrogen-bond acceptors (Lipinski definition) is 2. The number of rotatable bonds is 7. The number of benzene rings is 2. The molecular formula is C28H34N4O2. The second-order valence-electron chi connectivity index (χ2n) is 8.93. The number of carbonyl (C=O) groups is 2. The fourth-order valence-electron chi connectivity index (χ4n) is 4.55. The first kappa shape index (κ1) is 23.6. The number of hydrogen-bond donors (Lipinski definition) is 1. The molecule has 2 heterocycles. The van der Waals surface area contributed by atoms with E-state index in [2.05, 4.69) is 60.3 Å². The van der Waals surface area contributed by atoms with Gasteiger partial charge in [0.1, 0.15) is 6.54 Å². The lowest BCUT2D eigenvalue weighted by atomic mass is 9.98. The zero-order valence-corrected chi connectivity index (χ0v) is 20.3. The third-order valence-electron chi connectivity index (χ3n) is 6.47. The Morgan fingerprint density at radius 3 is 2.41 bits per heavy atom. The van der Waals surface area contributed by atoms with Crippen molar-refractivity contribution in [2.45, 2.75) is 46.2 Å². The predicted molar refractivity (Wildman–Crippen MR) is 136 cm³/mol. The second kappa shape index (κ2) is 10.6. The smallest absolute Gasteiger partial charge is 0.322 e. The number of urea groups is 1. The predicted octanol–water partition coefficient (Wildman–Crippen LogP) is 5.23. The van der Waals surface area contributed by atoms with Gasteiger partial charge in [0.05, 0.1) is 6.04 Å². The van der Waals surface area contributed by atoms with E-state index in [4.69, 9.17) is 0 Å². The number of aromatic nitrogens is 1. The first-order chi connectivity index (χ1) is 16.5. The molecule has 1 atom stereocenters. The van der Waals surface area contributed by atoms with Crippen LogP contribution in [0.25, 0.3) is 0 Å². The summed E-state index contributed by atoms with van der Waals surface area (Å²) >= 11 is 0. The quantitative estimate of drug-likeness (QED) is 0.527. The minimum absolute atomic E-state index is 0.0389. The molecule has 178 valence electrons. The number of fused-ring (bicyclic) bond motifs is 1.